The van der Waals surface area contributed by atoms with E-state index in [2.05, 4.69) is 25.2 Å². The number of likely N-dealkylation sites (tertiary alicyclic amines) is 1. The number of hydrogen-bond acceptors (Lipinski definition) is 9. The van der Waals surface area contributed by atoms with Crippen molar-refractivity contribution in [3.63, 3.8) is 0 Å². The first-order valence-electron chi connectivity index (χ1n) is 12.0. The number of fused-ring (bicyclic) bond motifs is 4. The number of pyridine rings is 1. The maximum Gasteiger partial charge on any atom is 0.257 e. The van der Waals surface area contributed by atoms with Gasteiger partial charge in [-0.1, -0.05) is 0 Å². The smallest absolute Gasteiger partial charge is 0.257 e. The largest absolute Gasteiger partial charge is 0.475 e. The van der Waals surface area contributed by atoms with Gasteiger partial charge in [-0.25, -0.2) is 15.0 Å². The summed E-state index contributed by atoms with van der Waals surface area (Å²) >= 11 is 0. The first kappa shape index (κ1) is 24.1. The number of piperazine rings is 1. The van der Waals surface area contributed by atoms with Crippen LogP contribution in [0.3, 0.4) is 0 Å². The van der Waals surface area contributed by atoms with E-state index in [-0.39, 0.29) is 42.9 Å². The summed E-state index contributed by atoms with van der Waals surface area (Å²) in [6.45, 7) is 2.17. The molecular formula is C24H29N7O5. The van der Waals surface area contributed by atoms with Crippen molar-refractivity contribution in [3.8, 4) is 5.88 Å². The van der Waals surface area contributed by atoms with Crippen LogP contribution in [0.15, 0.2) is 37.1 Å². The van der Waals surface area contributed by atoms with Crippen molar-refractivity contribution < 1.29 is 23.9 Å². The van der Waals surface area contributed by atoms with Gasteiger partial charge in [-0.15, -0.1) is 0 Å². The average molecular weight is 496 g/mol. The van der Waals surface area contributed by atoms with Gasteiger partial charge in [0.05, 0.1) is 12.1 Å². The second kappa shape index (κ2) is 10.5. The third-order valence-electron chi connectivity index (χ3n) is 6.84. The lowest BCUT2D eigenvalue weighted by Gasteiger charge is -2.43. The molecule has 2 fully saturated rings. The van der Waals surface area contributed by atoms with E-state index in [4.69, 9.17) is 9.47 Å². The van der Waals surface area contributed by atoms with Gasteiger partial charge in [0.2, 0.25) is 17.7 Å². The number of carbonyl (C=O) groups is 3. The minimum absolute atomic E-state index is 0.0245. The van der Waals surface area contributed by atoms with Crippen LogP contribution in [0, 0.1) is 0 Å². The number of nitrogens with zero attached hydrogens (tertiary/aromatic N) is 6. The zero-order chi connectivity index (χ0) is 25.1. The van der Waals surface area contributed by atoms with Crippen LogP contribution in [0.1, 0.15) is 22.3 Å². The molecule has 1 N–H and O–H groups in total. The molecule has 0 saturated carbocycles. The Labute approximate surface area is 208 Å². The Hall–Kier alpha value is -3.64. The first-order valence-corrected chi connectivity index (χ1v) is 12.0. The van der Waals surface area contributed by atoms with Crippen molar-refractivity contribution in [3.05, 3.63) is 48.2 Å². The molecule has 0 aliphatic carbocycles. The molecular weight excluding hydrogens is 466 g/mol. The molecule has 36 heavy (non-hydrogen) atoms. The molecule has 12 heteroatoms. The van der Waals surface area contributed by atoms with Crippen molar-refractivity contribution in [2.24, 2.45) is 0 Å². The van der Waals surface area contributed by atoms with Gasteiger partial charge in [0.15, 0.2) is 0 Å². The number of hydrogen-bond donors (Lipinski definition) is 1. The SMILES string of the molecule is COCC(=O)N1CCN2C(=O)[C@@H]3C[C@H](CN3Cc3cncnc3)NC(=O)c3cccnc3OC[C@@H]2C1. The van der Waals surface area contributed by atoms with Crippen LogP contribution >= 0.6 is 0 Å². The highest BCUT2D eigenvalue weighted by atomic mass is 16.5. The summed E-state index contributed by atoms with van der Waals surface area (Å²) in [5.74, 6) is -0.272. The van der Waals surface area contributed by atoms with Gasteiger partial charge in [-0.2, -0.15) is 0 Å². The highest BCUT2D eigenvalue weighted by Gasteiger charge is 2.43. The van der Waals surface area contributed by atoms with Crippen LogP contribution in [0.4, 0.5) is 0 Å². The van der Waals surface area contributed by atoms with Crippen LogP contribution in [-0.2, 0) is 20.9 Å². The highest BCUT2D eigenvalue weighted by molar-refractivity contribution is 5.96. The van der Waals surface area contributed by atoms with E-state index in [1.54, 1.807) is 35.6 Å². The molecule has 2 bridgehead atoms. The first-order chi connectivity index (χ1) is 17.5. The van der Waals surface area contributed by atoms with Gasteiger partial charge in [-0.3, -0.25) is 19.3 Å². The monoisotopic (exact) mass is 495 g/mol. The summed E-state index contributed by atoms with van der Waals surface area (Å²) < 4.78 is 11.0. The number of rotatable bonds is 4. The molecule has 2 saturated heterocycles. The third-order valence-corrected chi connectivity index (χ3v) is 6.84. The van der Waals surface area contributed by atoms with Crippen molar-refractivity contribution in [1.82, 2.24) is 35.0 Å². The topological polar surface area (TPSA) is 130 Å². The maximum atomic E-state index is 13.9. The molecule has 5 heterocycles. The molecule has 3 aliphatic heterocycles. The molecule has 0 aromatic carbocycles. The van der Waals surface area contributed by atoms with Gasteiger partial charge < -0.3 is 24.6 Å². The Bertz CT molecular complexity index is 1120. The second-order valence-corrected chi connectivity index (χ2v) is 9.22. The average Bonchev–Trinajstić information content (AvgIpc) is 3.29. The summed E-state index contributed by atoms with van der Waals surface area (Å²) in [7, 11) is 1.48. The van der Waals surface area contributed by atoms with Crippen molar-refractivity contribution >= 4 is 17.7 Å². The molecule has 0 spiro atoms. The zero-order valence-electron chi connectivity index (χ0n) is 20.1. The Balaban J connectivity index is 1.46. The Morgan fingerprint density at radius 2 is 2.06 bits per heavy atom. The molecule has 2 aromatic rings. The summed E-state index contributed by atoms with van der Waals surface area (Å²) in [5, 5.41) is 3.06. The Morgan fingerprint density at radius 3 is 2.86 bits per heavy atom. The van der Waals surface area contributed by atoms with Crippen molar-refractivity contribution in [1.29, 1.82) is 0 Å². The lowest BCUT2D eigenvalue weighted by molar-refractivity contribution is -0.148. The van der Waals surface area contributed by atoms with Crippen LogP contribution in [0.2, 0.25) is 0 Å². The van der Waals surface area contributed by atoms with E-state index in [9.17, 15) is 14.4 Å². The normalized spacial score (nSPS) is 24.6. The number of aromatic nitrogens is 3. The van der Waals surface area contributed by atoms with Gasteiger partial charge in [0.25, 0.3) is 5.91 Å². The minimum atomic E-state index is -0.438. The summed E-state index contributed by atoms with van der Waals surface area (Å²) in [6, 6.07) is 2.30. The fourth-order valence-corrected chi connectivity index (χ4v) is 5.12. The van der Waals surface area contributed by atoms with Crippen LogP contribution in [0.25, 0.3) is 0 Å². The third kappa shape index (κ3) is 5.00. The van der Waals surface area contributed by atoms with E-state index < -0.39 is 12.1 Å². The number of ether oxygens (including phenoxy) is 2. The van der Waals surface area contributed by atoms with Gasteiger partial charge in [0.1, 0.15) is 25.1 Å². The Morgan fingerprint density at radius 1 is 1.22 bits per heavy atom. The van der Waals surface area contributed by atoms with E-state index in [1.807, 2.05) is 4.90 Å². The minimum Gasteiger partial charge on any atom is -0.475 e. The van der Waals surface area contributed by atoms with Crippen molar-refractivity contribution in [2.45, 2.75) is 31.1 Å². The molecule has 2 aromatic heterocycles. The highest BCUT2D eigenvalue weighted by Crippen LogP contribution is 2.26. The molecule has 3 atom stereocenters. The second-order valence-electron chi connectivity index (χ2n) is 9.22. The molecule has 3 aliphatic rings. The molecule has 3 amide bonds. The quantitative estimate of drug-likeness (QED) is 0.586. The molecule has 12 nitrogen and oxygen atoms in total. The van der Waals surface area contributed by atoms with E-state index in [1.165, 1.54) is 13.4 Å². The van der Waals surface area contributed by atoms with E-state index in [0.717, 1.165) is 5.56 Å². The summed E-state index contributed by atoms with van der Waals surface area (Å²) in [5.41, 5.74) is 1.22. The zero-order valence-corrected chi connectivity index (χ0v) is 20.1. The Kier molecular flexibility index (Phi) is 7.05. The lowest BCUT2D eigenvalue weighted by Crippen LogP contribution is -2.61. The van der Waals surface area contributed by atoms with Crippen molar-refractivity contribution in [2.75, 3.05) is 46.5 Å². The standard InChI is InChI=1S/C24H29N7O5/c1-35-14-21(32)29-5-6-31-18(12-29)13-36-23-19(3-2-4-27-23)22(33)28-17-7-20(24(31)34)30(11-17)10-16-8-25-15-26-9-16/h2-4,8-9,15,17-18,20H,5-7,10-14H2,1H3,(H,28,33)/t17-,18+,20+/m1/s1. The predicted octanol–water partition coefficient (Wildman–Crippen LogP) is -0.677. The van der Waals surface area contributed by atoms with E-state index in [0.29, 0.717) is 44.7 Å². The van der Waals surface area contributed by atoms with Crippen LogP contribution < -0.4 is 10.1 Å². The van der Waals surface area contributed by atoms with Crippen LogP contribution in [0.5, 0.6) is 5.88 Å². The molecule has 0 unspecified atom stereocenters. The van der Waals surface area contributed by atoms with E-state index >= 15 is 0 Å². The lowest BCUT2D eigenvalue weighted by atomic mass is 10.1. The number of carbonyl (C=O) groups excluding carboxylic acids is 3. The summed E-state index contributed by atoms with van der Waals surface area (Å²) in [6.07, 6.45) is 6.96. The fraction of sp³-hybridized carbons (Fsp3) is 0.500. The number of methoxy groups -OCH3 is 1. The fourth-order valence-electron chi connectivity index (χ4n) is 5.12. The number of amides is 3. The number of nitrogens with one attached hydrogen (secondary N) is 1. The summed E-state index contributed by atoms with van der Waals surface area (Å²) in [4.78, 5) is 57.6. The van der Waals surface area contributed by atoms with Gasteiger partial charge >= 0.3 is 0 Å². The predicted molar refractivity (Wildman–Crippen MR) is 126 cm³/mol. The molecule has 0 radical (unpaired) electrons. The molecule has 190 valence electrons. The molecule has 5 rings (SSSR count). The van der Waals surface area contributed by atoms with Crippen LogP contribution in [-0.4, -0.2) is 112 Å². The van der Waals surface area contributed by atoms with Gasteiger partial charge in [-0.05, 0) is 18.6 Å². The van der Waals surface area contributed by atoms with Gasteiger partial charge in [0, 0.05) is 70.0 Å². The maximum absolute atomic E-state index is 13.9.